The van der Waals surface area contributed by atoms with Gasteiger partial charge in [0.05, 0.1) is 6.54 Å². The molecule has 0 saturated heterocycles. The first-order chi connectivity index (χ1) is 8.04. The average molecular weight is 235 g/mol. The van der Waals surface area contributed by atoms with Gasteiger partial charge in [0.1, 0.15) is 0 Å². The topological polar surface area (TPSA) is 58.4 Å². The lowest BCUT2D eigenvalue weighted by Gasteiger charge is -2.16. The van der Waals surface area contributed by atoms with Crippen LogP contribution in [0.2, 0.25) is 0 Å². The Labute approximate surface area is 103 Å². The summed E-state index contributed by atoms with van der Waals surface area (Å²) in [5, 5.41) is 2.92. The Morgan fingerprint density at radius 1 is 1.41 bits per heavy atom. The smallest absolute Gasteiger partial charge is 0.238 e. The van der Waals surface area contributed by atoms with Crippen LogP contribution < -0.4 is 11.1 Å². The Morgan fingerprint density at radius 2 is 2.12 bits per heavy atom. The van der Waals surface area contributed by atoms with E-state index in [2.05, 4.69) is 5.32 Å². The summed E-state index contributed by atoms with van der Waals surface area (Å²) in [7, 11) is 1.88. The highest BCUT2D eigenvalue weighted by atomic mass is 16.2. The van der Waals surface area contributed by atoms with Crippen molar-refractivity contribution in [3.8, 4) is 0 Å². The zero-order valence-electron chi connectivity index (χ0n) is 10.8. The molecule has 0 atom stereocenters. The second-order valence-corrected chi connectivity index (χ2v) is 4.32. The molecular weight excluding hydrogens is 214 g/mol. The SMILES string of the molecule is Cc1cccc(NC(=O)CN(C)CCN)c1C. The van der Waals surface area contributed by atoms with Crippen molar-refractivity contribution in [3.63, 3.8) is 0 Å². The highest BCUT2D eigenvalue weighted by Crippen LogP contribution is 2.17. The molecule has 0 radical (unpaired) electrons. The number of anilines is 1. The Kier molecular flexibility index (Phi) is 5.12. The standard InChI is InChI=1S/C13H21N3O/c1-10-5-4-6-12(11(10)2)15-13(17)9-16(3)8-7-14/h4-6H,7-9,14H2,1-3H3,(H,15,17). The number of rotatable bonds is 5. The monoisotopic (exact) mass is 235 g/mol. The number of aryl methyl sites for hydroxylation is 1. The van der Waals surface area contributed by atoms with Crippen LogP contribution >= 0.6 is 0 Å². The van der Waals surface area contributed by atoms with Gasteiger partial charge in [0, 0.05) is 18.8 Å². The maximum Gasteiger partial charge on any atom is 0.238 e. The normalized spacial score (nSPS) is 10.6. The fourth-order valence-corrected chi connectivity index (χ4v) is 1.62. The van der Waals surface area contributed by atoms with Gasteiger partial charge in [0.2, 0.25) is 5.91 Å². The predicted octanol–water partition coefficient (Wildman–Crippen LogP) is 1.13. The van der Waals surface area contributed by atoms with E-state index in [0.29, 0.717) is 13.1 Å². The molecule has 0 aliphatic heterocycles. The van der Waals surface area contributed by atoms with Gasteiger partial charge in [-0.15, -0.1) is 0 Å². The molecule has 4 heteroatoms. The molecule has 4 nitrogen and oxygen atoms in total. The third-order valence-corrected chi connectivity index (χ3v) is 2.80. The summed E-state index contributed by atoms with van der Waals surface area (Å²) in [5.74, 6) is -0.00495. The van der Waals surface area contributed by atoms with E-state index in [-0.39, 0.29) is 5.91 Å². The predicted molar refractivity (Wildman–Crippen MR) is 71.1 cm³/mol. The molecule has 1 amide bonds. The second kappa shape index (κ2) is 6.37. The van der Waals surface area contributed by atoms with Gasteiger partial charge in [-0.2, -0.15) is 0 Å². The van der Waals surface area contributed by atoms with Gasteiger partial charge in [-0.25, -0.2) is 0 Å². The number of amides is 1. The average Bonchev–Trinajstić information content (AvgIpc) is 2.25. The van der Waals surface area contributed by atoms with Crippen LogP contribution in [0.4, 0.5) is 5.69 Å². The van der Waals surface area contributed by atoms with Gasteiger partial charge in [0.25, 0.3) is 0 Å². The molecule has 1 aromatic rings. The minimum absolute atomic E-state index is 0.00495. The van der Waals surface area contributed by atoms with Crippen molar-refractivity contribution in [1.29, 1.82) is 0 Å². The number of carbonyl (C=O) groups is 1. The number of nitrogens with zero attached hydrogens (tertiary/aromatic N) is 1. The Balaban J connectivity index is 2.59. The summed E-state index contributed by atoms with van der Waals surface area (Å²) in [5.41, 5.74) is 8.61. The van der Waals surface area contributed by atoms with Gasteiger partial charge in [0.15, 0.2) is 0 Å². The van der Waals surface area contributed by atoms with Crippen LogP contribution in [-0.2, 0) is 4.79 Å². The molecule has 0 aliphatic carbocycles. The van der Waals surface area contributed by atoms with E-state index >= 15 is 0 Å². The van der Waals surface area contributed by atoms with Crippen LogP contribution in [0.1, 0.15) is 11.1 Å². The fourth-order valence-electron chi connectivity index (χ4n) is 1.62. The number of hydrogen-bond acceptors (Lipinski definition) is 3. The summed E-state index contributed by atoms with van der Waals surface area (Å²) in [6.07, 6.45) is 0. The maximum atomic E-state index is 11.8. The van der Waals surface area contributed by atoms with Gasteiger partial charge >= 0.3 is 0 Å². The van der Waals surface area contributed by atoms with Crippen molar-refractivity contribution in [3.05, 3.63) is 29.3 Å². The van der Waals surface area contributed by atoms with Crippen molar-refractivity contribution in [2.24, 2.45) is 5.73 Å². The summed E-state index contributed by atoms with van der Waals surface area (Å²) in [6, 6.07) is 5.90. The third kappa shape index (κ3) is 4.17. The first kappa shape index (κ1) is 13.7. The Hall–Kier alpha value is -1.39. The number of hydrogen-bond donors (Lipinski definition) is 2. The molecule has 0 fully saturated rings. The van der Waals surface area contributed by atoms with E-state index in [0.717, 1.165) is 17.8 Å². The zero-order chi connectivity index (χ0) is 12.8. The molecule has 0 spiro atoms. The first-order valence-electron chi connectivity index (χ1n) is 5.79. The number of likely N-dealkylation sites (N-methyl/N-ethyl adjacent to an activating group) is 1. The van der Waals surface area contributed by atoms with Crippen LogP contribution in [0.15, 0.2) is 18.2 Å². The second-order valence-electron chi connectivity index (χ2n) is 4.32. The molecular formula is C13H21N3O. The molecule has 3 N–H and O–H groups in total. The lowest BCUT2D eigenvalue weighted by molar-refractivity contribution is -0.117. The zero-order valence-corrected chi connectivity index (χ0v) is 10.8. The summed E-state index contributed by atoms with van der Waals surface area (Å²) < 4.78 is 0. The molecule has 0 saturated carbocycles. The summed E-state index contributed by atoms with van der Waals surface area (Å²) in [4.78, 5) is 13.7. The van der Waals surface area contributed by atoms with Crippen molar-refractivity contribution in [2.75, 3.05) is 32.0 Å². The molecule has 1 aromatic carbocycles. The number of nitrogens with two attached hydrogens (primary N) is 1. The molecule has 0 aliphatic rings. The molecule has 17 heavy (non-hydrogen) atoms. The van der Waals surface area contributed by atoms with Crippen LogP contribution in [0.25, 0.3) is 0 Å². The van der Waals surface area contributed by atoms with Gasteiger partial charge in [-0.05, 0) is 38.1 Å². The van der Waals surface area contributed by atoms with Crippen molar-refractivity contribution >= 4 is 11.6 Å². The van der Waals surface area contributed by atoms with E-state index in [9.17, 15) is 4.79 Å². The van der Waals surface area contributed by atoms with Gasteiger partial charge in [-0.3, -0.25) is 9.69 Å². The fraction of sp³-hybridized carbons (Fsp3) is 0.462. The van der Waals surface area contributed by atoms with Crippen LogP contribution in [-0.4, -0.2) is 37.5 Å². The van der Waals surface area contributed by atoms with Crippen molar-refractivity contribution < 1.29 is 4.79 Å². The summed E-state index contributed by atoms with van der Waals surface area (Å²) >= 11 is 0. The van der Waals surface area contributed by atoms with Crippen LogP contribution in [0.3, 0.4) is 0 Å². The maximum absolute atomic E-state index is 11.8. The Bertz CT molecular complexity index is 390. The van der Waals surface area contributed by atoms with Crippen LogP contribution in [0, 0.1) is 13.8 Å². The molecule has 0 unspecified atom stereocenters. The molecule has 1 rings (SSSR count). The van der Waals surface area contributed by atoms with Gasteiger partial charge in [-0.1, -0.05) is 12.1 Å². The van der Waals surface area contributed by atoms with E-state index in [1.807, 2.05) is 44.0 Å². The number of benzene rings is 1. The minimum Gasteiger partial charge on any atom is -0.329 e. The number of carbonyl (C=O) groups excluding carboxylic acids is 1. The number of nitrogens with one attached hydrogen (secondary N) is 1. The highest BCUT2D eigenvalue weighted by Gasteiger charge is 2.08. The first-order valence-corrected chi connectivity index (χ1v) is 5.79. The lowest BCUT2D eigenvalue weighted by atomic mass is 10.1. The van der Waals surface area contributed by atoms with Gasteiger partial charge < -0.3 is 11.1 Å². The van der Waals surface area contributed by atoms with Crippen molar-refractivity contribution in [2.45, 2.75) is 13.8 Å². The summed E-state index contributed by atoms with van der Waals surface area (Å²) in [6.45, 7) is 5.69. The van der Waals surface area contributed by atoms with E-state index in [1.165, 1.54) is 5.56 Å². The van der Waals surface area contributed by atoms with E-state index in [1.54, 1.807) is 0 Å². The van der Waals surface area contributed by atoms with E-state index < -0.39 is 0 Å². The Morgan fingerprint density at radius 3 is 2.76 bits per heavy atom. The van der Waals surface area contributed by atoms with Crippen molar-refractivity contribution in [1.82, 2.24) is 4.90 Å². The third-order valence-electron chi connectivity index (χ3n) is 2.80. The highest BCUT2D eigenvalue weighted by molar-refractivity contribution is 5.93. The quantitative estimate of drug-likeness (QED) is 0.804. The molecule has 0 aromatic heterocycles. The van der Waals surface area contributed by atoms with Crippen LogP contribution in [0.5, 0.6) is 0 Å². The molecule has 0 heterocycles. The largest absolute Gasteiger partial charge is 0.329 e. The molecule has 94 valence electrons. The lowest BCUT2D eigenvalue weighted by Crippen LogP contribution is -2.33. The van der Waals surface area contributed by atoms with E-state index in [4.69, 9.17) is 5.73 Å². The molecule has 0 bridgehead atoms. The minimum atomic E-state index is -0.00495.